The summed E-state index contributed by atoms with van der Waals surface area (Å²) in [6.45, 7) is 2.01. The van der Waals surface area contributed by atoms with Crippen molar-refractivity contribution in [3.05, 3.63) is 71.1 Å². The lowest BCUT2D eigenvalue weighted by atomic mass is 10.0. The molecule has 3 heterocycles. The van der Waals surface area contributed by atoms with Gasteiger partial charge in [0.05, 0.1) is 12.4 Å². The molecule has 0 saturated carbocycles. The van der Waals surface area contributed by atoms with Crippen molar-refractivity contribution in [2.75, 3.05) is 17.7 Å². The molecule has 1 N–H and O–H groups in total. The number of nitrogens with one attached hydrogen (secondary N) is 1. The molecule has 3 aromatic heterocycles. The van der Waals surface area contributed by atoms with Crippen LogP contribution in [-0.2, 0) is 30.0 Å². The second kappa shape index (κ2) is 10.7. The standard InChI is InChI=1S/C24H25N5O3S2/c1-4-32-23(31)21-18(16-9-6-5-7-10-16)14-33-22(21)25-20(30)15-34-24-27-26-19(29(24)3)13-17-11-8-12-28(17)2/h5-12,14H,4,13,15H2,1-3H3,(H,25,30). The van der Waals surface area contributed by atoms with Crippen molar-refractivity contribution in [2.45, 2.75) is 18.5 Å². The topological polar surface area (TPSA) is 91.0 Å². The van der Waals surface area contributed by atoms with E-state index in [1.165, 1.54) is 23.1 Å². The van der Waals surface area contributed by atoms with Crippen molar-refractivity contribution in [1.82, 2.24) is 19.3 Å². The van der Waals surface area contributed by atoms with E-state index < -0.39 is 5.97 Å². The largest absolute Gasteiger partial charge is 0.462 e. The van der Waals surface area contributed by atoms with Gasteiger partial charge in [-0.3, -0.25) is 4.79 Å². The molecule has 0 atom stereocenters. The van der Waals surface area contributed by atoms with Crippen LogP contribution in [-0.4, -0.2) is 43.6 Å². The van der Waals surface area contributed by atoms with Crippen LogP contribution in [0.3, 0.4) is 0 Å². The zero-order valence-electron chi connectivity index (χ0n) is 19.1. The van der Waals surface area contributed by atoms with Crippen LogP contribution in [0, 0.1) is 0 Å². The fraction of sp³-hybridized carbons (Fsp3) is 0.250. The number of thiophene rings is 1. The summed E-state index contributed by atoms with van der Waals surface area (Å²) in [4.78, 5) is 25.4. The summed E-state index contributed by atoms with van der Waals surface area (Å²) < 4.78 is 9.20. The fourth-order valence-electron chi connectivity index (χ4n) is 3.45. The molecule has 0 fully saturated rings. The maximum atomic E-state index is 12.7. The Balaban J connectivity index is 1.45. The lowest BCUT2D eigenvalue weighted by Gasteiger charge is -2.09. The van der Waals surface area contributed by atoms with Gasteiger partial charge in [-0.15, -0.1) is 21.5 Å². The molecule has 0 unspecified atom stereocenters. The Hall–Kier alpha value is -3.37. The molecule has 0 aliphatic carbocycles. The van der Waals surface area contributed by atoms with Crippen molar-refractivity contribution in [1.29, 1.82) is 0 Å². The van der Waals surface area contributed by atoms with Crippen LogP contribution in [0.2, 0.25) is 0 Å². The molecule has 0 spiro atoms. The van der Waals surface area contributed by atoms with Crippen LogP contribution >= 0.6 is 23.1 Å². The second-order valence-corrected chi connectivity index (χ2v) is 9.34. The number of carbonyl (C=O) groups is 2. The average Bonchev–Trinajstić information content (AvgIpc) is 3.53. The van der Waals surface area contributed by atoms with E-state index in [-0.39, 0.29) is 18.3 Å². The van der Waals surface area contributed by atoms with Crippen LogP contribution in [0.15, 0.2) is 59.2 Å². The lowest BCUT2D eigenvalue weighted by Crippen LogP contribution is -2.16. The van der Waals surface area contributed by atoms with E-state index in [1.54, 1.807) is 6.92 Å². The van der Waals surface area contributed by atoms with Crippen LogP contribution in [0.25, 0.3) is 11.1 Å². The number of benzene rings is 1. The molecule has 1 amide bonds. The Kier molecular flexibility index (Phi) is 7.49. The van der Waals surface area contributed by atoms with E-state index in [9.17, 15) is 9.59 Å². The number of thioether (sulfide) groups is 1. The van der Waals surface area contributed by atoms with Gasteiger partial charge in [0.15, 0.2) is 5.16 Å². The van der Waals surface area contributed by atoms with Gasteiger partial charge in [-0.1, -0.05) is 42.1 Å². The number of hydrogen-bond acceptors (Lipinski definition) is 7. The summed E-state index contributed by atoms with van der Waals surface area (Å²) in [5, 5.41) is 14.4. The van der Waals surface area contributed by atoms with Crippen molar-refractivity contribution in [3.63, 3.8) is 0 Å². The van der Waals surface area contributed by atoms with Gasteiger partial charge in [0, 0.05) is 43.4 Å². The van der Waals surface area contributed by atoms with Gasteiger partial charge in [0.1, 0.15) is 16.4 Å². The minimum Gasteiger partial charge on any atom is -0.462 e. The quantitative estimate of drug-likeness (QED) is 0.274. The van der Waals surface area contributed by atoms with Gasteiger partial charge in [-0.25, -0.2) is 4.79 Å². The number of nitrogens with zero attached hydrogens (tertiary/aromatic N) is 4. The minimum absolute atomic E-state index is 0.136. The van der Waals surface area contributed by atoms with Gasteiger partial charge < -0.3 is 19.2 Å². The molecule has 4 rings (SSSR count). The summed E-state index contributed by atoms with van der Waals surface area (Å²) >= 11 is 2.61. The normalized spacial score (nSPS) is 10.9. The van der Waals surface area contributed by atoms with E-state index in [0.717, 1.165) is 22.6 Å². The van der Waals surface area contributed by atoms with Crippen molar-refractivity contribution in [2.24, 2.45) is 14.1 Å². The predicted octanol–water partition coefficient (Wildman–Crippen LogP) is 4.38. The number of amides is 1. The van der Waals surface area contributed by atoms with Gasteiger partial charge >= 0.3 is 5.97 Å². The second-order valence-electron chi connectivity index (χ2n) is 7.52. The third-order valence-electron chi connectivity index (χ3n) is 5.26. The van der Waals surface area contributed by atoms with Crippen molar-refractivity contribution in [3.8, 4) is 11.1 Å². The molecule has 1 aromatic carbocycles. The van der Waals surface area contributed by atoms with E-state index in [4.69, 9.17) is 4.74 Å². The molecule has 10 heteroatoms. The highest BCUT2D eigenvalue weighted by atomic mass is 32.2. The molecular formula is C24H25N5O3S2. The first-order valence-electron chi connectivity index (χ1n) is 10.7. The molecule has 8 nitrogen and oxygen atoms in total. The number of esters is 1. The first-order valence-corrected chi connectivity index (χ1v) is 12.6. The van der Waals surface area contributed by atoms with Crippen LogP contribution in [0.5, 0.6) is 0 Å². The zero-order chi connectivity index (χ0) is 24.1. The highest BCUT2D eigenvalue weighted by Crippen LogP contribution is 2.36. The van der Waals surface area contributed by atoms with Gasteiger partial charge in [0.25, 0.3) is 0 Å². The van der Waals surface area contributed by atoms with Gasteiger partial charge in [-0.05, 0) is 24.6 Å². The molecule has 176 valence electrons. The van der Waals surface area contributed by atoms with E-state index in [0.29, 0.717) is 22.1 Å². The predicted molar refractivity (Wildman–Crippen MR) is 134 cm³/mol. The Bertz CT molecular complexity index is 1290. The fourth-order valence-corrected chi connectivity index (χ4v) is 5.15. The summed E-state index contributed by atoms with van der Waals surface area (Å²) in [5.41, 5.74) is 3.13. The maximum Gasteiger partial charge on any atom is 0.341 e. The molecule has 0 radical (unpaired) electrons. The molecule has 0 saturated heterocycles. The zero-order valence-corrected chi connectivity index (χ0v) is 20.8. The molecule has 34 heavy (non-hydrogen) atoms. The smallest absolute Gasteiger partial charge is 0.341 e. The third kappa shape index (κ3) is 5.23. The Morgan fingerprint density at radius 3 is 2.62 bits per heavy atom. The highest BCUT2D eigenvalue weighted by Gasteiger charge is 2.23. The molecule has 4 aromatic rings. The van der Waals surface area contributed by atoms with Crippen molar-refractivity contribution >= 4 is 40.0 Å². The Morgan fingerprint density at radius 2 is 1.91 bits per heavy atom. The number of rotatable bonds is 9. The molecular weight excluding hydrogens is 470 g/mol. The summed E-state index contributed by atoms with van der Waals surface area (Å²) in [6.07, 6.45) is 2.64. The highest BCUT2D eigenvalue weighted by molar-refractivity contribution is 7.99. The number of anilines is 1. The van der Waals surface area contributed by atoms with Gasteiger partial charge in [-0.2, -0.15) is 0 Å². The number of aromatic nitrogens is 4. The third-order valence-corrected chi connectivity index (χ3v) is 7.17. The molecule has 0 aliphatic heterocycles. The Labute approximate surface area is 206 Å². The van der Waals surface area contributed by atoms with E-state index in [1.807, 2.05) is 77.3 Å². The SMILES string of the molecule is CCOC(=O)c1c(-c2ccccc2)csc1NC(=O)CSc1nnc(Cc2cccn2C)n1C. The first-order chi connectivity index (χ1) is 16.5. The molecule has 0 aliphatic rings. The maximum absolute atomic E-state index is 12.7. The van der Waals surface area contributed by atoms with Crippen LogP contribution in [0.4, 0.5) is 5.00 Å². The summed E-state index contributed by atoms with van der Waals surface area (Å²) in [6, 6.07) is 13.6. The number of aryl methyl sites for hydroxylation is 1. The number of carbonyl (C=O) groups excluding carboxylic acids is 2. The monoisotopic (exact) mass is 495 g/mol. The minimum atomic E-state index is -0.454. The van der Waals surface area contributed by atoms with E-state index in [2.05, 4.69) is 15.5 Å². The molecule has 0 bridgehead atoms. The number of ether oxygens (including phenoxy) is 1. The summed E-state index contributed by atoms with van der Waals surface area (Å²) in [5.74, 6) is 0.269. The number of hydrogen-bond donors (Lipinski definition) is 1. The van der Waals surface area contributed by atoms with Crippen LogP contribution < -0.4 is 5.32 Å². The van der Waals surface area contributed by atoms with Gasteiger partial charge in [0.2, 0.25) is 5.91 Å². The van der Waals surface area contributed by atoms with Crippen LogP contribution in [0.1, 0.15) is 28.8 Å². The first kappa shape index (κ1) is 23.8. The van der Waals surface area contributed by atoms with Crippen molar-refractivity contribution < 1.29 is 14.3 Å². The van der Waals surface area contributed by atoms with E-state index >= 15 is 0 Å². The average molecular weight is 496 g/mol. The Morgan fingerprint density at radius 1 is 1.12 bits per heavy atom. The summed E-state index contributed by atoms with van der Waals surface area (Å²) in [7, 11) is 3.88. The lowest BCUT2D eigenvalue weighted by molar-refractivity contribution is -0.113.